The Labute approximate surface area is 141 Å². The molecule has 114 valence electrons. The van der Waals surface area contributed by atoms with Crippen molar-refractivity contribution >= 4 is 22.8 Å². The SMILES string of the molecule is N#Cc1cccc(-c2ccnc3c(C(=O)c4cccs4)cnn23)c1. The van der Waals surface area contributed by atoms with Gasteiger partial charge in [-0.05, 0) is 29.6 Å². The highest BCUT2D eigenvalue weighted by atomic mass is 32.1. The van der Waals surface area contributed by atoms with Crippen LogP contribution in [-0.2, 0) is 0 Å². The first-order valence-electron chi connectivity index (χ1n) is 7.19. The van der Waals surface area contributed by atoms with Crippen LogP contribution in [0.5, 0.6) is 0 Å². The predicted octanol–water partition coefficient (Wildman–Crippen LogP) is 3.56. The van der Waals surface area contributed by atoms with Crippen LogP contribution in [0.15, 0.2) is 60.2 Å². The molecule has 4 aromatic rings. The van der Waals surface area contributed by atoms with Gasteiger partial charge >= 0.3 is 0 Å². The molecular weight excluding hydrogens is 320 g/mol. The van der Waals surface area contributed by atoms with Gasteiger partial charge in [0, 0.05) is 11.8 Å². The summed E-state index contributed by atoms with van der Waals surface area (Å²) < 4.78 is 1.64. The molecule has 1 aromatic carbocycles. The second-order valence-corrected chi connectivity index (χ2v) is 6.07. The lowest BCUT2D eigenvalue weighted by Crippen LogP contribution is -2.01. The molecule has 0 aliphatic rings. The van der Waals surface area contributed by atoms with Gasteiger partial charge in [-0.1, -0.05) is 18.2 Å². The number of nitrogens with zero attached hydrogens (tertiary/aromatic N) is 4. The van der Waals surface area contributed by atoms with E-state index in [1.165, 1.54) is 11.3 Å². The molecule has 0 amide bonds. The fourth-order valence-electron chi connectivity index (χ4n) is 2.56. The number of ketones is 1. The summed E-state index contributed by atoms with van der Waals surface area (Å²) in [5, 5.41) is 15.3. The summed E-state index contributed by atoms with van der Waals surface area (Å²) in [6.45, 7) is 0. The first-order valence-corrected chi connectivity index (χ1v) is 8.07. The number of hydrogen-bond acceptors (Lipinski definition) is 5. The number of nitriles is 1. The second-order valence-electron chi connectivity index (χ2n) is 5.12. The van der Waals surface area contributed by atoms with E-state index < -0.39 is 0 Å². The number of fused-ring (bicyclic) bond motifs is 1. The van der Waals surface area contributed by atoms with Gasteiger partial charge in [-0.25, -0.2) is 9.50 Å². The van der Waals surface area contributed by atoms with Crippen LogP contribution in [0.25, 0.3) is 16.9 Å². The summed E-state index contributed by atoms with van der Waals surface area (Å²) in [5.41, 5.74) is 3.17. The lowest BCUT2D eigenvalue weighted by atomic mass is 10.1. The number of benzene rings is 1. The van der Waals surface area contributed by atoms with Crippen LogP contribution >= 0.6 is 11.3 Å². The van der Waals surface area contributed by atoms with Crippen LogP contribution in [0.3, 0.4) is 0 Å². The lowest BCUT2D eigenvalue weighted by molar-refractivity contribution is 0.104. The minimum absolute atomic E-state index is 0.0876. The van der Waals surface area contributed by atoms with Crippen LogP contribution < -0.4 is 0 Å². The Morgan fingerprint density at radius 1 is 1.21 bits per heavy atom. The van der Waals surface area contributed by atoms with E-state index in [-0.39, 0.29) is 5.78 Å². The van der Waals surface area contributed by atoms with Crippen molar-refractivity contribution in [2.45, 2.75) is 0 Å². The molecule has 0 atom stereocenters. The molecule has 0 saturated carbocycles. The molecular formula is C18H10N4OS. The highest BCUT2D eigenvalue weighted by Crippen LogP contribution is 2.24. The summed E-state index contributed by atoms with van der Waals surface area (Å²) in [4.78, 5) is 17.6. The minimum Gasteiger partial charge on any atom is -0.287 e. The number of hydrogen-bond donors (Lipinski definition) is 0. The van der Waals surface area contributed by atoms with Crippen molar-refractivity contribution in [3.63, 3.8) is 0 Å². The van der Waals surface area contributed by atoms with Gasteiger partial charge in [0.15, 0.2) is 5.65 Å². The average Bonchev–Trinajstić information content (AvgIpc) is 3.30. The van der Waals surface area contributed by atoms with Crippen LogP contribution in [0.1, 0.15) is 20.8 Å². The number of carbonyl (C=O) groups is 1. The van der Waals surface area contributed by atoms with E-state index in [1.807, 2.05) is 29.6 Å². The molecule has 6 heteroatoms. The molecule has 24 heavy (non-hydrogen) atoms. The predicted molar refractivity (Wildman–Crippen MR) is 90.9 cm³/mol. The van der Waals surface area contributed by atoms with Gasteiger partial charge in [0.1, 0.15) is 0 Å². The van der Waals surface area contributed by atoms with Crippen molar-refractivity contribution in [1.82, 2.24) is 14.6 Å². The van der Waals surface area contributed by atoms with Crippen molar-refractivity contribution < 1.29 is 4.79 Å². The molecule has 0 aliphatic carbocycles. The number of aromatic nitrogens is 3. The Morgan fingerprint density at radius 2 is 2.12 bits per heavy atom. The van der Waals surface area contributed by atoms with E-state index in [0.717, 1.165) is 11.3 Å². The zero-order valence-electron chi connectivity index (χ0n) is 12.4. The maximum Gasteiger partial charge on any atom is 0.208 e. The molecule has 0 aliphatic heterocycles. The quantitative estimate of drug-likeness (QED) is 0.539. The van der Waals surface area contributed by atoms with Crippen molar-refractivity contribution in [3.05, 3.63) is 76.2 Å². The molecule has 5 nitrogen and oxygen atoms in total. The van der Waals surface area contributed by atoms with Crippen molar-refractivity contribution in [2.75, 3.05) is 0 Å². The summed E-state index contributed by atoms with van der Waals surface area (Å²) in [7, 11) is 0. The molecule has 0 saturated heterocycles. The van der Waals surface area contributed by atoms with Crippen molar-refractivity contribution in [2.24, 2.45) is 0 Å². The van der Waals surface area contributed by atoms with E-state index in [4.69, 9.17) is 5.26 Å². The zero-order valence-corrected chi connectivity index (χ0v) is 13.2. The number of thiophene rings is 1. The lowest BCUT2D eigenvalue weighted by Gasteiger charge is -2.05. The van der Waals surface area contributed by atoms with E-state index >= 15 is 0 Å². The summed E-state index contributed by atoms with van der Waals surface area (Å²) in [6, 6.07) is 14.8. The van der Waals surface area contributed by atoms with Gasteiger partial charge in [0.05, 0.1) is 34.0 Å². The molecule has 0 spiro atoms. The second kappa shape index (κ2) is 5.72. The Bertz CT molecular complexity index is 1090. The Morgan fingerprint density at radius 3 is 2.92 bits per heavy atom. The highest BCUT2D eigenvalue weighted by Gasteiger charge is 2.18. The largest absolute Gasteiger partial charge is 0.287 e. The van der Waals surface area contributed by atoms with Gasteiger partial charge in [0.25, 0.3) is 0 Å². The molecule has 0 radical (unpaired) electrons. The molecule has 0 unspecified atom stereocenters. The molecule has 0 fully saturated rings. The Kier molecular flexibility index (Phi) is 3.41. The third kappa shape index (κ3) is 2.28. The van der Waals surface area contributed by atoms with Gasteiger partial charge in [-0.3, -0.25) is 4.79 Å². The molecule has 0 bridgehead atoms. The first kappa shape index (κ1) is 14.3. The normalized spacial score (nSPS) is 10.6. The van der Waals surface area contributed by atoms with Gasteiger partial charge < -0.3 is 0 Å². The Balaban J connectivity index is 1.88. The van der Waals surface area contributed by atoms with Crippen molar-refractivity contribution in [3.8, 4) is 17.3 Å². The fourth-order valence-corrected chi connectivity index (χ4v) is 3.24. The Hall–Kier alpha value is -3.30. The van der Waals surface area contributed by atoms with Gasteiger partial charge in [-0.2, -0.15) is 10.4 Å². The molecule has 0 N–H and O–H groups in total. The third-order valence-electron chi connectivity index (χ3n) is 3.68. The zero-order chi connectivity index (χ0) is 16.5. The molecule has 3 heterocycles. The topological polar surface area (TPSA) is 71.0 Å². The van der Waals surface area contributed by atoms with E-state index in [1.54, 1.807) is 35.1 Å². The smallest absolute Gasteiger partial charge is 0.208 e. The summed E-state index contributed by atoms with van der Waals surface area (Å²) >= 11 is 1.39. The van der Waals surface area contributed by atoms with Crippen LogP contribution in [0.2, 0.25) is 0 Å². The maximum absolute atomic E-state index is 12.6. The summed E-state index contributed by atoms with van der Waals surface area (Å²) in [5.74, 6) is -0.0876. The van der Waals surface area contributed by atoms with Crippen LogP contribution in [-0.4, -0.2) is 20.4 Å². The minimum atomic E-state index is -0.0876. The van der Waals surface area contributed by atoms with Crippen LogP contribution in [0, 0.1) is 11.3 Å². The van der Waals surface area contributed by atoms with Crippen molar-refractivity contribution in [1.29, 1.82) is 5.26 Å². The van der Waals surface area contributed by atoms with Gasteiger partial charge in [0.2, 0.25) is 5.78 Å². The number of rotatable bonds is 3. The van der Waals surface area contributed by atoms with E-state index in [9.17, 15) is 4.79 Å². The summed E-state index contributed by atoms with van der Waals surface area (Å²) in [6.07, 6.45) is 3.19. The highest BCUT2D eigenvalue weighted by molar-refractivity contribution is 7.12. The monoisotopic (exact) mass is 330 g/mol. The fraction of sp³-hybridized carbons (Fsp3) is 0. The van der Waals surface area contributed by atoms with Gasteiger partial charge in [-0.15, -0.1) is 11.3 Å². The molecule has 3 aromatic heterocycles. The average molecular weight is 330 g/mol. The van der Waals surface area contributed by atoms with Crippen LogP contribution in [0.4, 0.5) is 0 Å². The first-order chi connectivity index (χ1) is 11.8. The standard InChI is InChI=1S/C18H10N4OS/c19-10-12-3-1-4-13(9-12)15-6-7-20-18-14(11-21-22(15)18)17(23)16-5-2-8-24-16/h1-9,11H. The third-order valence-corrected chi connectivity index (χ3v) is 4.55. The maximum atomic E-state index is 12.6. The van der Waals surface area contributed by atoms with E-state index in [2.05, 4.69) is 16.2 Å². The number of carbonyl (C=O) groups excluding carboxylic acids is 1. The van der Waals surface area contributed by atoms with E-state index in [0.29, 0.717) is 21.7 Å². The molecule has 4 rings (SSSR count).